The predicted octanol–water partition coefficient (Wildman–Crippen LogP) is 0.773. The third-order valence-corrected chi connectivity index (χ3v) is 3.33. The van der Waals surface area contributed by atoms with Gasteiger partial charge in [-0.1, -0.05) is 12.8 Å². The summed E-state index contributed by atoms with van der Waals surface area (Å²) in [7, 11) is 0. The van der Waals surface area contributed by atoms with Crippen molar-refractivity contribution in [3.05, 3.63) is 23.7 Å². The van der Waals surface area contributed by atoms with Crippen LogP contribution in [0.2, 0.25) is 0 Å². The Hall–Kier alpha value is -1.33. The van der Waals surface area contributed by atoms with E-state index in [1.54, 1.807) is 12.1 Å². The van der Waals surface area contributed by atoms with E-state index < -0.39 is 5.54 Å². The van der Waals surface area contributed by atoms with E-state index in [1.165, 1.54) is 0 Å². The van der Waals surface area contributed by atoms with Crippen LogP contribution in [0.25, 0.3) is 0 Å². The molecule has 1 saturated carbocycles. The van der Waals surface area contributed by atoms with E-state index in [4.69, 9.17) is 10.2 Å². The number of furan rings is 1. The highest BCUT2D eigenvalue weighted by molar-refractivity contribution is 5.92. The predicted molar refractivity (Wildman–Crippen MR) is 62.4 cm³/mol. The second kappa shape index (κ2) is 4.89. The van der Waals surface area contributed by atoms with Crippen LogP contribution < -0.4 is 11.1 Å². The average molecular weight is 238 g/mol. The molecule has 1 aliphatic carbocycles. The molecule has 5 heteroatoms. The number of hydrogen-bond acceptors (Lipinski definition) is 4. The highest BCUT2D eigenvalue weighted by Crippen LogP contribution is 2.29. The van der Waals surface area contributed by atoms with Gasteiger partial charge in [-0.2, -0.15) is 0 Å². The zero-order valence-corrected chi connectivity index (χ0v) is 9.74. The lowest BCUT2D eigenvalue weighted by Gasteiger charge is -2.27. The maximum absolute atomic E-state index is 11.9. The van der Waals surface area contributed by atoms with Gasteiger partial charge in [-0.15, -0.1) is 0 Å². The van der Waals surface area contributed by atoms with Crippen LogP contribution in [0.15, 0.2) is 16.5 Å². The third-order valence-electron chi connectivity index (χ3n) is 3.33. The Bertz CT molecular complexity index is 394. The molecule has 0 bridgehead atoms. The summed E-state index contributed by atoms with van der Waals surface area (Å²) >= 11 is 0. The summed E-state index contributed by atoms with van der Waals surface area (Å²) in [6.07, 6.45) is 3.71. The molecule has 1 aromatic rings. The number of aliphatic hydroxyl groups is 1. The molecule has 1 fully saturated rings. The van der Waals surface area contributed by atoms with Crippen LogP contribution in [0.3, 0.4) is 0 Å². The van der Waals surface area contributed by atoms with E-state index in [-0.39, 0.29) is 24.8 Å². The van der Waals surface area contributed by atoms with Crippen LogP contribution in [-0.4, -0.2) is 23.2 Å². The second-order valence-corrected chi connectivity index (χ2v) is 4.57. The van der Waals surface area contributed by atoms with E-state index in [1.807, 2.05) is 0 Å². The molecular weight excluding hydrogens is 220 g/mol. The number of amides is 1. The summed E-state index contributed by atoms with van der Waals surface area (Å²) in [5, 5.41) is 12.3. The minimum absolute atomic E-state index is 0.0246. The smallest absolute Gasteiger partial charge is 0.287 e. The van der Waals surface area contributed by atoms with Crippen molar-refractivity contribution in [3.63, 3.8) is 0 Å². The summed E-state index contributed by atoms with van der Waals surface area (Å²) in [5.74, 6) is 0.561. The van der Waals surface area contributed by atoms with Crippen molar-refractivity contribution in [2.45, 2.75) is 37.8 Å². The lowest BCUT2D eigenvalue weighted by molar-refractivity contribution is 0.0809. The Balaban J connectivity index is 2.05. The largest absolute Gasteiger partial charge is 0.455 e. The number of nitrogens with two attached hydrogens (primary N) is 1. The summed E-state index contributed by atoms with van der Waals surface area (Å²) in [6, 6.07) is 3.30. The number of rotatable bonds is 4. The van der Waals surface area contributed by atoms with Crippen molar-refractivity contribution >= 4 is 5.91 Å². The molecule has 4 N–H and O–H groups in total. The fourth-order valence-corrected chi connectivity index (χ4v) is 2.29. The lowest BCUT2D eigenvalue weighted by atomic mass is 9.99. The van der Waals surface area contributed by atoms with Crippen LogP contribution in [0.4, 0.5) is 0 Å². The molecule has 0 atom stereocenters. The SMILES string of the molecule is NCc1ccc(C(=O)NC2(CO)CCCC2)o1. The summed E-state index contributed by atoms with van der Waals surface area (Å²) in [4.78, 5) is 11.9. The molecule has 0 unspecified atom stereocenters. The first-order chi connectivity index (χ1) is 8.19. The molecule has 1 heterocycles. The minimum atomic E-state index is -0.466. The molecule has 0 radical (unpaired) electrons. The molecule has 1 aromatic heterocycles. The molecule has 0 saturated heterocycles. The number of nitrogens with one attached hydrogen (secondary N) is 1. The Kier molecular flexibility index (Phi) is 3.49. The van der Waals surface area contributed by atoms with Crippen LogP contribution in [0.5, 0.6) is 0 Å². The van der Waals surface area contributed by atoms with Crippen LogP contribution >= 0.6 is 0 Å². The molecule has 0 aromatic carbocycles. The zero-order valence-electron chi connectivity index (χ0n) is 9.74. The third kappa shape index (κ3) is 2.50. The van der Waals surface area contributed by atoms with Gasteiger partial charge in [-0.05, 0) is 25.0 Å². The highest BCUT2D eigenvalue weighted by Gasteiger charge is 2.35. The van der Waals surface area contributed by atoms with E-state index in [0.717, 1.165) is 25.7 Å². The Morgan fingerprint density at radius 1 is 1.47 bits per heavy atom. The number of hydrogen-bond donors (Lipinski definition) is 3. The van der Waals surface area contributed by atoms with Crippen molar-refractivity contribution in [1.29, 1.82) is 0 Å². The fraction of sp³-hybridized carbons (Fsp3) is 0.583. The van der Waals surface area contributed by atoms with E-state index in [2.05, 4.69) is 5.32 Å². The normalized spacial score (nSPS) is 18.2. The zero-order chi connectivity index (χ0) is 12.3. The van der Waals surface area contributed by atoms with Gasteiger partial charge < -0.3 is 20.6 Å². The first kappa shape index (κ1) is 12.1. The lowest BCUT2D eigenvalue weighted by Crippen LogP contribution is -2.49. The van der Waals surface area contributed by atoms with Crippen molar-refractivity contribution < 1.29 is 14.3 Å². The second-order valence-electron chi connectivity index (χ2n) is 4.57. The molecule has 2 rings (SSSR count). The van der Waals surface area contributed by atoms with Gasteiger partial charge in [0.1, 0.15) is 5.76 Å². The first-order valence-electron chi connectivity index (χ1n) is 5.91. The van der Waals surface area contributed by atoms with Gasteiger partial charge in [0, 0.05) is 0 Å². The maximum atomic E-state index is 11.9. The molecular formula is C12H18N2O3. The van der Waals surface area contributed by atoms with E-state index in [0.29, 0.717) is 5.76 Å². The molecule has 1 aliphatic rings. The van der Waals surface area contributed by atoms with Gasteiger partial charge in [0.15, 0.2) is 5.76 Å². The molecule has 17 heavy (non-hydrogen) atoms. The number of carbonyl (C=O) groups is 1. The van der Waals surface area contributed by atoms with Crippen LogP contribution in [0, 0.1) is 0 Å². The monoisotopic (exact) mass is 238 g/mol. The quantitative estimate of drug-likeness (QED) is 0.723. The number of aliphatic hydroxyl groups excluding tert-OH is 1. The van der Waals surface area contributed by atoms with Gasteiger partial charge >= 0.3 is 0 Å². The summed E-state index contributed by atoms with van der Waals surface area (Å²) < 4.78 is 5.28. The average Bonchev–Trinajstić information content (AvgIpc) is 2.97. The van der Waals surface area contributed by atoms with Crippen LogP contribution in [0.1, 0.15) is 42.0 Å². The molecule has 5 nitrogen and oxygen atoms in total. The molecule has 0 aliphatic heterocycles. The molecule has 0 spiro atoms. The van der Waals surface area contributed by atoms with Gasteiger partial charge in [0.05, 0.1) is 18.7 Å². The van der Waals surface area contributed by atoms with E-state index in [9.17, 15) is 9.90 Å². The van der Waals surface area contributed by atoms with Gasteiger partial charge in [-0.25, -0.2) is 0 Å². The van der Waals surface area contributed by atoms with Crippen molar-refractivity contribution in [3.8, 4) is 0 Å². The Morgan fingerprint density at radius 2 is 2.18 bits per heavy atom. The molecule has 94 valence electrons. The standard InChI is InChI=1S/C12H18N2O3/c13-7-9-3-4-10(17-9)11(16)14-12(8-15)5-1-2-6-12/h3-4,15H,1-2,5-8,13H2,(H,14,16). The van der Waals surface area contributed by atoms with Crippen molar-refractivity contribution in [2.24, 2.45) is 5.73 Å². The first-order valence-corrected chi connectivity index (χ1v) is 5.91. The Morgan fingerprint density at radius 3 is 2.71 bits per heavy atom. The number of carbonyl (C=O) groups excluding carboxylic acids is 1. The Labute approximate surface area is 100.0 Å². The fourth-order valence-electron chi connectivity index (χ4n) is 2.29. The van der Waals surface area contributed by atoms with Gasteiger partial charge in [0.25, 0.3) is 5.91 Å². The van der Waals surface area contributed by atoms with Gasteiger partial charge in [-0.3, -0.25) is 4.79 Å². The maximum Gasteiger partial charge on any atom is 0.287 e. The topological polar surface area (TPSA) is 88.5 Å². The van der Waals surface area contributed by atoms with Crippen molar-refractivity contribution in [2.75, 3.05) is 6.61 Å². The van der Waals surface area contributed by atoms with Gasteiger partial charge in [0.2, 0.25) is 0 Å². The minimum Gasteiger partial charge on any atom is -0.455 e. The van der Waals surface area contributed by atoms with Crippen molar-refractivity contribution in [1.82, 2.24) is 5.32 Å². The van der Waals surface area contributed by atoms with E-state index >= 15 is 0 Å². The summed E-state index contributed by atoms with van der Waals surface area (Å²) in [6.45, 7) is 0.252. The molecule has 1 amide bonds. The summed E-state index contributed by atoms with van der Waals surface area (Å²) in [5.41, 5.74) is 4.95. The highest BCUT2D eigenvalue weighted by atomic mass is 16.4. The van der Waals surface area contributed by atoms with Crippen LogP contribution in [-0.2, 0) is 6.54 Å².